The van der Waals surface area contributed by atoms with Gasteiger partial charge in [-0.1, -0.05) is 11.6 Å². The Labute approximate surface area is 180 Å². The lowest BCUT2D eigenvalue weighted by atomic mass is 10.1. The molecule has 1 amide bonds. The van der Waals surface area contributed by atoms with Crippen molar-refractivity contribution < 1.29 is 9.53 Å². The number of carbonyl (C=O) groups excluding carboxylic acids is 1. The predicted octanol–water partition coefficient (Wildman–Crippen LogP) is 3.73. The minimum atomic E-state index is 0.0489. The van der Waals surface area contributed by atoms with Crippen LogP contribution in [0.2, 0.25) is 5.15 Å². The summed E-state index contributed by atoms with van der Waals surface area (Å²) in [5, 5.41) is 7.76. The van der Waals surface area contributed by atoms with Gasteiger partial charge in [0.2, 0.25) is 5.91 Å². The fraction of sp³-hybridized carbons (Fsp3) is 0.409. The maximum Gasteiger partial charge on any atom is 0.228 e. The number of nitrogens with zero attached hydrogens (tertiary/aromatic N) is 4. The number of pyridine rings is 2. The average molecular weight is 426 g/mol. The maximum absolute atomic E-state index is 12.0. The maximum atomic E-state index is 12.0. The summed E-state index contributed by atoms with van der Waals surface area (Å²) < 4.78 is 7.91. The van der Waals surface area contributed by atoms with Crippen LogP contribution in [0.4, 0.5) is 5.82 Å². The normalized spacial score (nSPS) is 19.3. The molecule has 2 aliphatic rings. The Kier molecular flexibility index (Phi) is 5.08. The third kappa shape index (κ3) is 4.13. The topological polar surface area (TPSA) is 71.8 Å². The van der Waals surface area contributed by atoms with Crippen LogP contribution in [0.1, 0.15) is 19.3 Å². The zero-order valence-electron chi connectivity index (χ0n) is 16.8. The molecule has 156 valence electrons. The number of fused-ring (bicyclic) bond motifs is 1. The summed E-state index contributed by atoms with van der Waals surface area (Å²) in [6.07, 6.45) is 6.64. The molecule has 7 nitrogen and oxygen atoms in total. The second-order valence-electron chi connectivity index (χ2n) is 8.31. The van der Waals surface area contributed by atoms with Crippen molar-refractivity contribution in [1.82, 2.24) is 19.5 Å². The molecule has 1 saturated carbocycles. The van der Waals surface area contributed by atoms with Crippen LogP contribution in [-0.4, -0.2) is 52.1 Å². The van der Waals surface area contributed by atoms with E-state index in [1.165, 1.54) is 0 Å². The number of carbonyl (C=O) groups is 1. The molecule has 0 bridgehead atoms. The van der Waals surface area contributed by atoms with Gasteiger partial charge in [0.15, 0.2) is 5.82 Å². The third-order valence-electron chi connectivity index (χ3n) is 5.77. The highest BCUT2D eigenvalue weighted by molar-refractivity contribution is 6.29. The molecular formula is C22H24ClN5O2. The molecule has 1 saturated heterocycles. The molecule has 3 aromatic heterocycles. The first-order chi connectivity index (χ1) is 14.5. The van der Waals surface area contributed by atoms with Crippen LogP contribution in [0.25, 0.3) is 16.6 Å². The van der Waals surface area contributed by atoms with Crippen LogP contribution in [-0.2, 0) is 4.79 Å². The number of hydrogen-bond acceptors (Lipinski definition) is 5. The predicted molar refractivity (Wildman–Crippen MR) is 116 cm³/mol. The minimum Gasteiger partial charge on any atom is -0.491 e. The van der Waals surface area contributed by atoms with E-state index in [0.717, 1.165) is 54.7 Å². The summed E-state index contributed by atoms with van der Waals surface area (Å²) >= 11 is 6.19. The highest BCUT2D eigenvalue weighted by Crippen LogP contribution is 2.33. The van der Waals surface area contributed by atoms with Crippen LogP contribution in [0.5, 0.6) is 5.75 Å². The Hall–Kier alpha value is -2.64. The zero-order valence-corrected chi connectivity index (χ0v) is 17.6. The molecular weight excluding hydrogens is 402 g/mol. The quantitative estimate of drug-likeness (QED) is 0.609. The summed E-state index contributed by atoms with van der Waals surface area (Å²) in [5.41, 5.74) is 2.74. The van der Waals surface area contributed by atoms with Gasteiger partial charge in [-0.25, -0.2) is 9.50 Å². The van der Waals surface area contributed by atoms with Crippen LogP contribution in [0, 0.1) is 11.8 Å². The van der Waals surface area contributed by atoms with E-state index in [4.69, 9.17) is 16.3 Å². The van der Waals surface area contributed by atoms with E-state index in [9.17, 15) is 4.79 Å². The number of aromatic nitrogens is 3. The molecule has 1 atom stereocenters. The first kappa shape index (κ1) is 19.3. The van der Waals surface area contributed by atoms with Crippen molar-refractivity contribution in [3.05, 3.63) is 41.8 Å². The van der Waals surface area contributed by atoms with E-state index in [-0.39, 0.29) is 11.8 Å². The lowest BCUT2D eigenvalue weighted by Gasteiger charge is -2.15. The molecule has 4 heterocycles. The second-order valence-corrected chi connectivity index (χ2v) is 8.70. The number of likely N-dealkylation sites (tertiary alicyclic amines) is 1. The second kappa shape index (κ2) is 7.89. The van der Waals surface area contributed by atoms with Crippen molar-refractivity contribution >= 4 is 28.8 Å². The van der Waals surface area contributed by atoms with Crippen molar-refractivity contribution in [2.75, 3.05) is 32.1 Å². The number of anilines is 1. The van der Waals surface area contributed by atoms with Crippen molar-refractivity contribution in [3.63, 3.8) is 0 Å². The largest absolute Gasteiger partial charge is 0.491 e. The molecule has 5 rings (SSSR count). The molecule has 3 aromatic rings. The Bertz CT molecular complexity index is 1090. The lowest BCUT2D eigenvalue weighted by Crippen LogP contribution is -2.18. The lowest BCUT2D eigenvalue weighted by molar-refractivity contribution is -0.117. The molecule has 0 unspecified atom stereocenters. The summed E-state index contributed by atoms with van der Waals surface area (Å²) in [6, 6.07) is 7.69. The average Bonchev–Trinajstić information content (AvgIpc) is 3.39. The Morgan fingerprint density at radius 1 is 1.30 bits per heavy atom. The summed E-state index contributed by atoms with van der Waals surface area (Å²) in [7, 11) is 2.14. The number of halogens is 1. The number of rotatable bonds is 6. The molecule has 30 heavy (non-hydrogen) atoms. The van der Waals surface area contributed by atoms with Crippen LogP contribution >= 0.6 is 11.6 Å². The van der Waals surface area contributed by atoms with Crippen molar-refractivity contribution in [1.29, 1.82) is 0 Å². The van der Waals surface area contributed by atoms with Gasteiger partial charge in [-0.15, -0.1) is 0 Å². The molecule has 0 radical (unpaired) electrons. The molecule has 8 heteroatoms. The Morgan fingerprint density at radius 2 is 2.17 bits per heavy atom. The van der Waals surface area contributed by atoms with E-state index < -0.39 is 0 Å². The smallest absolute Gasteiger partial charge is 0.228 e. The highest BCUT2D eigenvalue weighted by Gasteiger charge is 2.30. The standard InChI is InChI=1S/C22H24ClN5O2/c1-27-6-4-14(12-27)13-30-19-11-24-20(23)10-18(19)16-5-7-28-17(8-16)9-21(26-28)25-22(29)15-2-3-15/h5,7-11,14-15H,2-4,6,12-13H2,1H3,(H,25,26,29)/t14-/m1/s1. The molecule has 1 N–H and O–H groups in total. The van der Waals surface area contributed by atoms with Crippen LogP contribution in [0.15, 0.2) is 36.7 Å². The van der Waals surface area contributed by atoms with Gasteiger partial charge in [0, 0.05) is 36.2 Å². The van der Waals surface area contributed by atoms with Gasteiger partial charge < -0.3 is 15.0 Å². The van der Waals surface area contributed by atoms with E-state index in [0.29, 0.717) is 23.5 Å². The third-order valence-corrected chi connectivity index (χ3v) is 5.98. The number of nitrogens with one attached hydrogen (secondary N) is 1. The van der Waals surface area contributed by atoms with Gasteiger partial charge in [0.1, 0.15) is 10.9 Å². The fourth-order valence-electron chi connectivity index (χ4n) is 3.92. The van der Waals surface area contributed by atoms with Gasteiger partial charge >= 0.3 is 0 Å². The molecule has 1 aliphatic carbocycles. The van der Waals surface area contributed by atoms with Gasteiger partial charge in [0.05, 0.1) is 18.3 Å². The van der Waals surface area contributed by atoms with E-state index in [1.807, 2.05) is 30.5 Å². The monoisotopic (exact) mass is 425 g/mol. The first-order valence-electron chi connectivity index (χ1n) is 10.3. The number of hydrogen-bond donors (Lipinski definition) is 1. The van der Waals surface area contributed by atoms with E-state index >= 15 is 0 Å². The highest BCUT2D eigenvalue weighted by atomic mass is 35.5. The van der Waals surface area contributed by atoms with Gasteiger partial charge in [0.25, 0.3) is 0 Å². The van der Waals surface area contributed by atoms with Crippen molar-refractivity contribution in [2.24, 2.45) is 11.8 Å². The fourth-order valence-corrected chi connectivity index (χ4v) is 4.08. The van der Waals surface area contributed by atoms with Gasteiger partial charge in [-0.2, -0.15) is 5.10 Å². The Morgan fingerprint density at radius 3 is 2.93 bits per heavy atom. The van der Waals surface area contributed by atoms with E-state index in [2.05, 4.69) is 27.3 Å². The zero-order chi connectivity index (χ0) is 20.7. The molecule has 0 aromatic carbocycles. The molecule has 0 spiro atoms. The first-order valence-corrected chi connectivity index (χ1v) is 10.7. The summed E-state index contributed by atoms with van der Waals surface area (Å²) in [4.78, 5) is 18.6. The van der Waals surface area contributed by atoms with Gasteiger partial charge in [-0.3, -0.25) is 4.79 Å². The SMILES string of the molecule is CN1CC[C@@H](COc2cnc(Cl)cc2-c2ccn3nc(NC(=O)C4CC4)cc3c2)C1. The Balaban J connectivity index is 1.39. The van der Waals surface area contributed by atoms with Crippen LogP contribution in [0.3, 0.4) is 0 Å². The van der Waals surface area contributed by atoms with Crippen molar-refractivity contribution in [3.8, 4) is 16.9 Å². The van der Waals surface area contributed by atoms with Crippen LogP contribution < -0.4 is 10.1 Å². The summed E-state index contributed by atoms with van der Waals surface area (Å²) in [6.45, 7) is 2.82. The van der Waals surface area contributed by atoms with Crippen molar-refractivity contribution in [2.45, 2.75) is 19.3 Å². The van der Waals surface area contributed by atoms with Gasteiger partial charge in [-0.05, 0) is 56.6 Å². The molecule has 2 fully saturated rings. The number of ether oxygens (including phenoxy) is 1. The number of amides is 1. The minimum absolute atomic E-state index is 0.0489. The van der Waals surface area contributed by atoms with E-state index in [1.54, 1.807) is 10.7 Å². The molecule has 1 aliphatic heterocycles. The summed E-state index contributed by atoms with van der Waals surface area (Å²) in [5.74, 6) is 2.00.